The minimum atomic E-state index is 0.539. The van der Waals surface area contributed by atoms with Crippen LogP contribution in [0.5, 0.6) is 0 Å². The van der Waals surface area contributed by atoms with E-state index in [1.165, 1.54) is 6.33 Å². The van der Waals surface area contributed by atoms with Gasteiger partial charge in [-0.25, -0.2) is 9.67 Å². The summed E-state index contributed by atoms with van der Waals surface area (Å²) < 4.78 is 1.76. The van der Waals surface area contributed by atoms with E-state index in [4.69, 9.17) is 0 Å². The highest BCUT2D eigenvalue weighted by Crippen LogP contribution is 2.09. The van der Waals surface area contributed by atoms with Gasteiger partial charge in [-0.3, -0.25) is 0 Å². The largest absolute Gasteiger partial charge is 0.249 e. The van der Waals surface area contributed by atoms with Gasteiger partial charge in [0.25, 0.3) is 0 Å². The van der Waals surface area contributed by atoms with Gasteiger partial charge < -0.3 is 0 Å². The smallest absolute Gasteiger partial charge is 0.207 e. The van der Waals surface area contributed by atoms with Gasteiger partial charge in [0.15, 0.2) is 0 Å². The van der Waals surface area contributed by atoms with Crippen molar-refractivity contribution in [2.75, 3.05) is 0 Å². The summed E-state index contributed by atoms with van der Waals surface area (Å²) in [4.78, 5) is 3.89. The van der Waals surface area contributed by atoms with Crippen LogP contribution in [0.4, 0.5) is 0 Å². The third-order valence-corrected chi connectivity index (χ3v) is 2.34. The fourth-order valence-corrected chi connectivity index (χ4v) is 1.52. The molecule has 0 saturated carbocycles. The number of hydrogen-bond donors (Lipinski definition) is 0. The number of amidine groups is 1. The molecule has 0 amide bonds. The Balaban J connectivity index is 1.78. The Hall–Kier alpha value is -2.57. The minimum absolute atomic E-state index is 0.539. The fourth-order valence-electron chi connectivity index (χ4n) is 1.52. The van der Waals surface area contributed by atoms with E-state index in [1.54, 1.807) is 11.0 Å². The number of nitrogens with zero attached hydrogens (tertiary/aromatic N) is 7. The van der Waals surface area contributed by atoms with Crippen molar-refractivity contribution >= 4 is 5.84 Å². The number of benzene rings is 1. The van der Waals surface area contributed by atoms with Gasteiger partial charge in [-0.2, -0.15) is 5.10 Å². The highest BCUT2D eigenvalue weighted by Gasteiger charge is 2.07. The van der Waals surface area contributed by atoms with E-state index in [0.717, 1.165) is 11.1 Å². The average Bonchev–Trinajstić information content (AvgIpc) is 3.01. The van der Waals surface area contributed by atoms with Gasteiger partial charge in [0.1, 0.15) is 12.7 Å². The lowest BCUT2D eigenvalue weighted by atomic mass is 10.1. The van der Waals surface area contributed by atoms with Crippen LogP contribution in [0.2, 0.25) is 0 Å². The lowest BCUT2D eigenvalue weighted by Gasteiger charge is -2.02. The Bertz CT molecular complexity index is 553. The molecule has 0 saturated heterocycles. The molecule has 1 aliphatic rings. The predicted octanol–water partition coefficient (Wildman–Crippen LogP) is 0.973. The van der Waals surface area contributed by atoms with Crippen molar-refractivity contribution in [2.24, 2.45) is 15.4 Å². The second kappa shape index (κ2) is 4.12. The molecule has 0 unspecified atom stereocenters. The topological polar surface area (TPSA) is 81.9 Å². The molecule has 1 radical (unpaired) electrons. The monoisotopic (exact) mass is 226 g/mol. The first-order valence-electron chi connectivity index (χ1n) is 5.02. The predicted molar refractivity (Wildman–Crippen MR) is 59.1 cm³/mol. The normalized spacial score (nSPS) is 13.5. The van der Waals surface area contributed by atoms with Crippen molar-refractivity contribution in [3.63, 3.8) is 0 Å². The molecule has 0 fully saturated rings. The summed E-state index contributed by atoms with van der Waals surface area (Å²) in [7, 11) is 0. The van der Waals surface area contributed by atoms with Crippen LogP contribution >= 0.6 is 0 Å². The highest BCUT2D eigenvalue weighted by molar-refractivity contribution is 5.99. The summed E-state index contributed by atoms with van der Waals surface area (Å²) >= 11 is 0. The van der Waals surface area contributed by atoms with Gasteiger partial charge in [-0.05, 0) is 16.3 Å². The molecular formula is C10H8N7. The first-order valence-corrected chi connectivity index (χ1v) is 5.02. The van der Waals surface area contributed by atoms with Crippen LogP contribution in [0.1, 0.15) is 11.1 Å². The van der Waals surface area contributed by atoms with E-state index in [-0.39, 0.29) is 0 Å². The van der Waals surface area contributed by atoms with E-state index in [0.29, 0.717) is 12.4 Å². The van der Waals surface area contributed by atoms with Crippen LogP contribution in [0.25, 0.3) is 0 Å². The van der Waals surface area contributed by atoms with Crippen LogP contribution in [-0.2, 0) is 6.54 Å². The summed E-state index contributed by atoms with van der Waals surface area (Å²) in [6, 6.07) is 7.86. The SMILES string of the molecule is c1ncn(Cc2ccc(C3=N[N]N=N3)cc2)n1. The van der Waals surface area contributed by atoms with E-state index in [2.05, 4.69) is 31.1 Å². The molecular weight excluding hydrogens is 218 g/mol. The second-order valence-corrected chi connectivity index (χ2v) is 3.49. The van der Waals surface area contributed by atoms with Crippen molar-refractivity contribution in [2.45, 2.75) is 6.54 Å². The van der Waals surface area contributed by atoms with E-state index in [1.807, 2.05) is 24.3 Å². The number of aromatic nitrogens is 3. The van der Waals surface area contributed by atoms with Gasteiger partial charge in [-0.1, -0.05) is 24.3 Å². The maximum atomic E-state index is 4.04. The molecule has 0 spiro atoms. The van der Waals surface area contributed by atoms with Gasteiger partial charge in [0.2, 0.25) is 5.84 Å². The minimum Gasteiger partial charge on any atom is -0.249 e. The zero-order valence-corrected chi connectivity index (χ0v) is 8.80. The molecule has 1 aromatic heterocycles. The lowest BCUT2D eigenvalue weighted by molar-refractivity contribution is 0.685. The van der Waals surface area contributed by atoms with E-state index in [9.17, 15) is 0 Å². The van der Waals surface area contributed by atoms with Gasteiger partial charge in [0, 0.05) is 5.56 Å². The molecule has 0 aliphatic carbocycles. The molecule has 2 heterocycles. The van der Waals surface area contributed by atoms with Gasteiger partial charge >= 0.3 is 0 Å². The zero-order chi connectivity index (χ0) is 11.5. The van der Waals surface area contributed by atoms with Crippen LogP contribution in [0, 0.1) is 0 Å². The molecule has 7 heteroatoms. The van der Waals surface area contributed by atoms with Gasteiger partial charge in [0.05, 0.1) is 6.54 Å². The van der Waals surface area contributed by atoms with E-state index < -0.39 is 0 Å². The molecule has 7 nitrogen and oxygen atoms in total. The second-order valence-electron chi connectivity index (χ2n) is 3.49. The molecule has 0 atom stereocenters. The molecule has 0 bridgehead atoms. The molecule has 2 aromatic rings. The Kier molecular flexibility index (Phi) is 2.34. The van der Waals surface area contributed by atoms with Crippen molar-refractivity contribution in [1.82, 2.24) is 20.3 Å². The zero-order valence-electron chi connectivity index (χ0n) is 8.80. The Morgan fingerprint density at radius 2 is 2.00 bits per heavy atom. The maximum absolute atomic E-state index is 4.04. The van der Waals surface area contributed by atoms with Gasteiger partial charge in [-0.15, -0.1) is 10.2 Å². The van der Waals surface area contributed by atoms with E-state index >= 15 is 0 Å². The van der Waals surface area contributed by atoms with Crippen molar-refractivity contribution in [3.8, 4) is 0 Å². The fraction of sp³-hybridized carbons (Fsp3) is 0.100. The van der Waals surface area contributed by atoms with Crippen LogP contribution < -0.4 is 5.53 Å². The van der Waals surface area contributed by atoms with Crippen LogP contribution in [-0.4, -0.2) is 20.6 Å². The third-order valence-electron chi connectivity index (χ3n) is 2.34. The van der Waals surface area contributed by atoms with Crippen molar-refractivity contribution in [1.29, 1.82) is 0 Å². The summed E-state index contributed by atoms with van der Waals surface area (Å²) in [5.74, 6) is 0.539. The Labute approximate surface area is 96.9 Å². The standard InChI is InChI=1S/C10H8N7/c1-3-9(10-13-15-16-14-10)4-2-8(1)5-17-7-11-6-12-17/h1-4,6-7H,5H2. The summed E-state index contributed by atoms with van der Waals surface area (Å²) in [6.45, 7) is 0.693. The Morgan fingerprint density at radius 1 is 1.12 bits per heavy atom. The first kappa shape index (κ1) is 9.64. The molecule has 0 N–H and O–H groups in total. The van der Waals surface area contributed by atoms with Crippen LogP contribution in [0.15, 0.2) is 52.4 Å². The van der Waals surface area contributed by atoms with Crippen molar-refractivity contribution in [3.05, 3.63) is 48.0 Å². The maximum Gasteiger partial charge on any atom is 0.207 e. The first-order chi connectivity index (χ1) is 8.42. The molecule has 17 heavy (non-hydrogen) atoms. The summed E-state index contributed by atoms with van der Waals surface area (Å²) in [5.41, 5.74) is 5.48. The molecule has 83 valence electrons. The molecule has 3 rings (SSSR count). The lowest BCUT2D eigenvalue weighted by Crippen LogP contribution is -2.01. The highest BCUT2D eigenvalue weighted by atomic mass is 15.6. The molecule has 1 aliphatic heterocycles. The van der Waals surface area contributed by atoms with Crippen molar-refractivity contribution < 1.29 is 0 Å². The Morgan fingerprint density at radius 3 is 2.65 bits per heavy atom. The quantitative estimate of drug-likeness (QED) is 0.781. The number of hydrogen-bond acceptors (Lipinski definition) is 5. The average molecular weight is 226 g/mol. The third kappa shape index (κ3) is 2.03. The summed E-state index contributed by atoms with van der Waals surface area (Å²) in [5, 5.41) is 15.1. The summed E-state index contributed by atoms with van der Waals surface area (Å²) in [6.07, 6.45) is 3.20. The molecule has 1 aromatic carbocycles. The number of rotatable bonds is 3. The van der Waals surface area contributed by atoms with Crippen LogP contribution in [0.3, 0.4) is 0 Å².